The Hall–Kier alpha value is -1.66. The number of esters is 1. The van der Waals surface area contributed by atoms with Gasteiger partial charge in [0.05, 0.1) is 26.9 Å². The summed E-state index contributed by atoms with van der Waals surface area (Å²) >= 11 is 0. The van der Waals surface area contributed by atoms with Gasteiger partial charge in [-0.15, -0.1) is 12.4 Å². The second-order valence-electron chi connectivity index (χ2n) is 5.12. The van der Waals surface area contributed by atoms with Crippen molar-refractivity contribution < 1.29 is 23.7 Å². The van der Waals surface area contributed by atoms with E-state index in [2.05, 4.69) is 18.7 Å². The van der Waals surface area contributed by atoms with Crippen molar-refractivity contribution in [2.45, 2.75) is 19.9 Å². The van der Waals surface area contributed by atoms with Crippen molar-refractivity contribution in [3.63, 3.8) is 0 Å². The molecule has 132 valence electrons. The van der Waals surface area contributed by atoms with Crippen LogP contribution in [0.5, 0.6) is 17.2 Å². The lowest BCUT2D eigenvalue weighted by atomic mass is 10.2. The smallest absolute Gasteiger partial charge is 0.338 e. The number of methoxy groups -OCH3 is 3. The standard InChI is InChI=1S/C16H25NO5.ClH/c1-11(2)17(3)7-8-22-16(18)12-9-13(19-4)15(21-6)14(10-12)20-5;/h9-11H,7-8H2,1-6H3;1H. The van der Waals surface area contributed by atoms with Crippen molar-refractivity contribution in [2.75, 3.05) is 41.5 Å². The zero-order valence-corrected chi connectivity index (χ0v) is 15.4. The number of halogens is 1. The second-order valence-corrected chi connectivity index (χ2v) is 5.12. The van der Waals surface area contributed by atoms with Gasteiger partial charge < -0.3 is 23.8 Å². The van der Waals surface area contributed by atoms with E-state index in [0.29, 0.717) is 42.0 Å². The second kappa shape index (κ2) is 10.2. The van der Waals surface area contributed by atoms with Crippen LogP contribution in [0.1, 0.15) is 24.2 Å². The highest BCUT2D eigenvalue weighted by Gasteiger charge is 2.18. The van der Waals surface area contributed by atoms with E-state index in [4.69, 9.17) is 18.9 Å². The van der Waals surface area contributed by atoms with Crippen LogP contribution in [-0.2, 0) is 4.74 Å². The van der Waals surface area contributed by atoms with Crippen LogP contribution in [0.15, 0.2) is 12.1 Å². The third-order valence-electron chi connectivity index (χ3n) is 3.46. The number of carbonyl (C=O) groups is 1. The van der Waals surface area contributed by atoms with Crippen LogP contribution < -0.4 is 14.2 Å². The molecule has 0 fully saturated rings. The fraction of sp³-hybridized carbons (Fsp3) is 0.562. The quantitative estimate of drug-likeness (QED) is 0.674. The van der Waals surface area contributed by atoms with Gasteiger partial charge in [0.1, 0.15) is 6.61 Å². The van der Waals surface area contributed by atoms with Gasteiger partial charge in [-0.25, -0.2) is 4.79 Å². The van der Waals surface area contributed by atoms with Crippen LogP contribution in [0, 0.1) is 0 Å². The maximum atomic E-state index is 12.1. The molecule has 0 spiro atoms. The molecule has 0 radical (unpaired) electrons. The number of rotatable bonds is 8. The van der Waals surface area contributed by atoms with Gasteiger partial charge in [-0.2, -0.15) is 0 Å². The maximum absolute atomic E-state index is 12.1. The highest BCUT2D eigenvalue weighted by atomic mass is 35.5. The van der Waals surface area contributed by atoms with Gasteiger partial charge in [-0.05, 0) is 33.0 Å². The summed E-state index contributed by atoms with van der Waals surface area (Å²) in [5, 5.41) is 0. The summed E-state index contributed by atoms with van der Waals surface area (Å²) in [6.07, 6.45) is 0. The molecule has 23 heavy (non-hydrogen) atoms. The largest absolute Gasteiger partial charge is 0.493 e. The average molecular weight is 348 g/mol. The molecule has 0 aliphatic rings. The Morgan fingerprint density at radius 2 is 1.61 bits per heavy atom. The predicted octanol–water partition coefficient (Wildman–Crippen LogP) is 2.63. The summed E-state index contributed by atoms with van der Waals surface area (Å²) in [6, 6.07) is 3.56. The monoisotopic (exact) mass is 347 g/mol. The molecule has 0 aliphatic carbocycles. The van der Waals surface area contributed by atoms with Gasteiger partial charge in [-0.1, -0.05) is 0 Å². The molecular formula is C16H26ClNO5. The Morgan fingerprint density at radius 3 is 2.00 bits per heavy atom. The van der Waals surface area contributed by atoms with Crippen LogP contribution in [0.4, 0.5) is 0 Å². The minimum Gasteiger partial charge on any atom is -0.493 e. The van der Waals surface area contributed by atoms with Crippen LogP contribution in [0.3, 0.4) is 0 Å². The van der Waals surface area contributed by atoms with Gasteiger partial charge in [0, 0.05) is 12.6 Å². The number of nitrogens with zero attached hydrogens (tertiary/aromatic N) is 1. The van der Waals surface area contributed by atoms with Gasteiger partial charge >= 0.3 is 5.97 Å². The number of likely N-dealkylation sites (N-methyl/N-ethyl adjacent to an activating group) is 1. The zero-order valence-electron chi connectivity index (χ0n) is 14.5. The molecule has 0 unspecified atom stereocenters. The summed E-state index contributed by atoms with van der Waals surface area (Å²) in [7, 11) is 6.51. The SMILES string of the molecule is COc1cc(C(=O)OCCN(C)C(C)C)cc(OC)c1OC.Cl. The maximum Gasteiger partial charge on any atom is 0.338 e. The Kier molecular flexibility index (Phi) is 9.44. The number of hydrogen-bond donors (Lipinski definition) is 0. The van der Waals surface area contributed by atoms with E-state index in [0.717, 1.165) is 0 Å². The molecule has 1 rings (SSSR count). The molecule has 0 atom stereocenters. The summed E-state index contributed by atoms with van der Waals surface area (Å²) < 4.78 is 21.0. The lowest BCUT2D eigenvalue weighted by Gasteiger charge is -2.20. The molecule has 0 aliphatic heterocycles. The summed E-state index contributed by atoms with van der Waals surface area (Å²) in [5.74, 6) is 0.874. The summed E-state index contributed by atoms with van der Waals surface area (Å²) in [5.41, 5.74) is 0.363. The number of hydrogen-bond acceptors (Lipinski definition) is 6. The van der Waals surface area contributed by atoms with E-state index in [-0.39, 0.29) is 12.4 Å². The van der Waals surface area contributed by atoms with Crippen molar-refractivity contribution in [3.05, 3.63) is 17.7 Å². The Balaban J connectivity index is 0.00000484. The van der Waals surface area contributed by atoms with Crippen LogP contribution in [0.2, 0.25) is 0 Å². The molecule has 1 aromatic rings. The molecule has 0 saturated heterocycles. The molecule has 1 aromatic carbocycles. The van der Waals surface area contributed by atoms with Crippen LogP contribution in [0.25, 0.3) is 0 Å². The van der Waals surface area contributed by atoms with E-state index in [1.165, 1.54) is 21.3 Å². The predicted molar refractivity (Wildman–Crippen MR) is 91.4 cm³/mol. The van der Waals surface area contributed by atoms with Gasteiger partial charge in [0.15, 0.2) is 11.5 Å². The first-order chi connectivity index (χ1) is 10.4. The van der Waals surface area contributed by atoms with E-state index in [9.17, 15) is 4.79 Å². The number of carbonyl (C=O) groups excluding carboxylic acids is 1. The molecule has 0 N–H and O–H groups in total. The van der Waals surface area contributed by atoms with Crippen molar-refractivity contribution >= 4 is 18.4 Å². The molecule has 0 amide bonds. The molecule has 7 heteroatoms. The normalized spacial score (nSPS) is 10.3. The highest BCUT2D eigenvalue weighted by Crippen LogP contribution is 2.38. The molecule has 0 aromatic heterocycles. The lowest BCUT2D eigenvalue weighted by molar-refractivity contribution is 0.0460. The van der Waals surface area contributed by atoms with Gasteiger partial charge in [-0.3, -0.25) is 0 Å². The van der Waals surface area contributed by atoms with Crippen LogP contribution >= 0.6 is 12.4 Å². The minimum absolute atomic E-state index is 0. The first-order valence-electron chi connectivity index (χ1n) is 7.12. The average Bonchev–Trinajstić information content (AvgIpc) is 2.52. The van der Waals surface area contributed by atoms with E-state index < -0.39 is 5.97 Å². The van der Waals surface area contributed by atoms with Gasteiger partial charge in [0.25, 0.3) is 0 Å². The molecule has 0 heterocycles. The minimum atomic E-state index is -0.420. The van der Waals surface area contributed by atoms with Crippen molar-refractivity contribution in [1.29, 1.82) is 0 Å². The summed E-state index contributed by atoms with van der Waals surface area (Å²) in [4.78, 5) is 14.2. The topological polar surface area (TPSA) is 57.2 Å². The Morgan fingerprint density at radius 1 is 1.09 bits per heavy atom. The fourth-order valence-electron chi connectivity index (χ4n) is 1.82. The van der Waals surface area contributed by atoms with Crippen molar-refractivity contribution in [3.8, 4) is 17.2 Å². The van der Waals surface area contributed by atoms with Gasteiger partial charge in [0.2, 0.25) is 5.75 Å². The zero-order chi connectivity index (χ0) is 16.7. The molecule has 0 bridgehead atoms. The number of benzene rings is 1. The van der Waals surface area contributed by atoms with Crippen molar-refractivity contribution in [2.24, 2.45) is 0 Å². The molecule has 6 nitrogen and oxygen atoms in total. The fourth-order valence-corrected chi connectivity index (χ4v) is 1.82. The van der Waals surface area contributed by atoms with E-state index in [1.807, 2.05) is 7.05 Å². The first kappa shape index (κ1) is 21.3. The third-order valence-corrected chi connectivity index (χ3v) is 3.46. The molecular weight excluding hydrogens is 322 g/mol. The molecule has 0 saturated carbocycles. The Labute approximate surface area is 144 Å². The first-order valence-corrected chi connectivity index (χ1v) is 7.12. The Bertz CT molecular complexity index is 482. The summed E-state index contributed by atoms with van der Waals surface area (Å²) in [6.45, 7) is 5.17. The van der Waals surface area contributed by atoms with E-state index >= 15 is 0 Å². The number of ether oxygens (including phenoxy) is 4. The highest BCUT2D eigenvalue weighted by molar-refractivity contribution is 5.91. The lowest BCUT2D eigenvalue weighted by Crippen LogP contribution is -2.30. The van der Waals surface area contributed by atoms with Crippen molar-refractivity contribution in [1.82, 2.24) is 4.90 Å². The van der Waals surface area contributed by atoms with E-state index in [1.54, 1.807) is 12.1 Å². The third kappa shape index (κ3) is 5.80. The van der Waals surface area contributed by atoms with Crippen LogP contribution in [-0.4, -0.2) is 58.4 Å².